The van der Waals surface area contributed by atoms with Crippen molar-refractivity contribution in [2.75, 3.05) is 25.0 Å². The average Bonchev–Trinajstić information content (AvgIpc) is 2.30. The van der Waals surface area contributed by atoms with Gasteiger partial charge in [-0.3, -0.25) is 19.3 Å². The van der Waals surface area contributed by atoms with Crippen molar-refractivity contribution in [3.63, 3.8) is 0 Å². The molecule has 0 aliphatic rings. The molecular weight excluding hydrogens is 286 g/mol. The first-order chi connectivity index (χ1) is 9.38. The molecule has 0 spiro atoms. The Balaban J connectivity index is 2.64. The highest BCUT2D eigenvalue weighted by Gasteiger charge is 2.16. The second-order valence-corrected chi connectivity index (χ2v) is 4.44. The number of carboxylic acids is 1. The van der Waals surface area contributed by atoms with Crippen LogP contribution in [0.3, 0.4) is 0 Å². The van der Waals surface area contributed by atoms with Crippen LogP contribution in [0.1, 0.15) is 0 Å². The normalized spacial score (nSPS) is 10.3. The van der Waals surface area contributed by atoms with Crippen molar-refractivity contribution >= 4 is 35.1 Å². The molecule has 0 bridgehead atoms. The van der Waals surface area contributed by atoms with Gasteiger partial charge in [0.25, 0.3) is 0 Å². The Morgan fingerprint density at radius 1 is 1.20 bits per heavy atom. The molecule has 0 atom stereocenters. The van der Waals surface area contributed by atoms with E-state index in [0.29, 0.717) is 10.7 Å². The highest BCUT2D eigenvalue weighted by atomic mass is 35.5. The number of amides is 2. The molecule has 0 saturated heterocycles. The van der Waals surface area contributed by atoms with Crippen molar-refractivity contribution in [2.24, 2.45) is 5.73 Å². The zero-order valence-electron chi connectivity index (χ0n) is 10.5. The standard InChI is InChI=1S/C12H14ClN3O4/c13-8-3-1-2-4-9(8)15-11(18)6-16(5-10(14)17)7-12(19)20/h1-4H,5-7H2,(H2,14,17)(H,15,18)(H,19,20). The summed E-state index contributed by atoms with van der Waals surface area (Å²) in [7, 11) is 0. The van der Waals surface area contributed by atoms with Gasteiger partial charge in [-0.05, 0) is 12.1 Å². The van der Waals surface area contributed by atoms with Crippen LogP contribution in [0.4, 0.5) is 5.69 Å². The zero-order chi connectivity index (χ0) is 15.1. The molecule has 0 heterocycles. The minimum absolute atomic E-state index is 0.277. The fraction of sp³-hybridized carbons (Fsp3) is 0.250. The lowest BCUT2D eigenvalue weighted by Gasteiger charge is -2.18. The van der Waals surface area contributed by atoms with Crippen molar-refractivity contribution in [2.45, 2.75) is 0 Å². The van der Waals surface area contributed by atoms with E-state index in [9.17, 15) is 14.4 Å². The maximum Gasteiger partial charge on any atom is 0.317 e. The number of hydrogen-bond acceptors (Lipinski definition) is 4. The van der Waals surface area contributed by atoms with Gasteiger partial charge in [-0.15, -0.1) is 0 Å². The summed E-state index contributed by atoms with van der Waals surface area (Å²) in [5, 5.41) is 11.6. The van der Waals surface area contributed by atoms with Gasteiger partial charge in [0, 0.05) is 0 Å². The van der Waals surface area contributed by atoms with Gasteiger partial charge in [0.05, 0.1) is 30.3 Å². The summed E-state index contributed by atoms with van der Waals surface area (Å²) < 4.78 is 0. The monoisotopic (exact) mass is 299 g/mol. The third kappa shape index (κ3) is 5.68. The van der Waals surface area contributed by atoms with Crippen LogP contribution in [0.15, 0.2) is 24.3 Å². The Kier molecular flexibility index (Phi) is 5.95. The van der Waals surface area contributed by atoms with E-state index in [-0.39, 0.29) is 13.1 Å². The maximum absolute atomic E-state index is 11.8. The van der Waals surface area contributed by atoms with E-state index >= 15 is 0 Å². The lowest BCUT2D eigenvalue weighted by Crippen LogP contribution is -2.41. The van der Waals surface area contributed by atoms with Crippen LogP contribution in [-0.2, 0) is 14.4 Å². The number of carboxylic acid groups (broad SMARTS) is 1. The number of benzene rings is 1. The van der Waals surface area contributed by atoms with Crippen LogP contribution >= 0.6 is 11.6 Å². The van der Waals surface area contributed by atoms with E-state index in [1.54, 1.807) is 24.3 Å². The number of carbonyl (C=O) groups excluding carboxylic acids is 2. The van der Waals surface area contributed by atoms with Gasteiger partial charge in [0.2, 0.25) is 11.8 Å². The Bertz CT molecular complexity index is 505. The molecule has 7 nitrogen and oxygen atoms in total. The summed E-state index contributed by atoms with van der Waals surface area (Å²) >= 11 is 5.88. The van der Waals surface area contributed by atoms with Crippen molar-refractivity contribution in [1.29, 1.82) is 0 Å². The SMILES string of the molecule is NC(=O)CN(CC(=O)O)CC(=O)Nc1ccccc1Cl. The average molecular weight is 300 g/mol. The Labute approximate surface area is 120 Å². The first kappa shape index (κ1) is 15.9. The van der Waals surface area contributed by atoms with Crippen LogP contribution < -0.4 is 11.1 Å². The number of hydrogen-bond donors (Lipinski definition) is 3. The molecule has 4 N–H and O–H groups in total. The largest absolute Gasteiger partial charge is 0.480 e. The summed E-state index contributed by atoms with van der Waals surface area (Å²) in [4.78, 5) is 34.4. The molecule has 1 rings (SSSR count). The molecule has 8 heteroatoms. The number of para-hydroxylation sites is 1. The molecule has 108 valence electrons. The van der Waals surface area contributed by atoms with E-state index in [4.69, 9.17) is 22.4 Å². The molecular formula is C12H14ClN3O4. The van der Waals surface area contributed by atoms with Crippen LogP contribution in [0.25, 0.3) is 0 Å². The fourth-order valence-corrected chi connectivity index (χ4v) is 1.72. The van der Waals surface area contributed by atoms with Gasteiger partial charge in [-0.1, -0.05) is 23.7 Å². The number of anilines is 1. The first-order valence-corrected chi connectivity index (χ1v) is 6.03. The molecule has 0 aliphatic heterocycles. The van der Waals surface area contributed by atoms with E-state index in [1.165, 1.54) is 0 Å². The predicted octanol–water partition coefficient (Wildman–Crippen LogP) is 0.150. The summed E-state index contributed by atoms with van der Waals surface area (Å²) in [6.45, 7) is -1.05. The summed E-state index contributed by atoms with van der Waals surface area (Å²) in [6.07, 6.45) is 0. The van der Waals surface area contributed by atoms with Gasteiger partial charge >= 0.3 is 5.97 Å². The van der Waals surface area contributed by atoms with Crippen molar-refractivity contribution in [3.8, 4) is 0 Å². The Morgan fingerprint density at radius 2 is 1.85 bits per heavy atom. The van der Waals surface area contributed by atoms with Crippen LogP contribution in [0.5, 0.6) is 0 Å². The molecule has 2 amide bonds. The molecule has 20 heavy (non-hydrogen) atoms. The van der Waals surface area contributed by atoms with Crippen LogP contribution in [-0.4, -0.2) is 47.4 Å². The summed E-state index contributed by atoms with van der Waals surface area (Å²) in [6, 6.07) is 6.62. The molecule has 0 aliphatic carbocycles. The highest BCUT2D eigenvalue weighted by Crippen LogP contribution is 2.20. The van der Waals surface area contributed by atoms with E-state index in [1.807, 2.05) is 0 Å². The zero-order valence-corrected chi connectivity index (χ0v) is 11.3. The lowest BCUT2D eigenvalue weighted by atomic mass is 10.3. The second-order valence-electron chi connectivity index (χ2n) is 4.03. The maximum atomic E-state index is 11.8. The molecule has 0 fully saturated rings. The summed E-state index contributed by atoms with van der Waals surface area (Å²) in [5.41, 5.74) is 5.41. The highest BCUT2D eigenvalue weighted by molar-refractivity contribution is 6.33. The Morgan fingerprint density at radius 3 is 2.40 bits per heavy atom. The molecule has 0 radical (unpaired) electrons. The number of carbonyl (C=O) groups is 3. The topological polar surface area (TPSA) is 113 Å². The van der Waals surface area contributed by atoms with E-state index in [2.05, 4.69) is 5.32 Å². The van der Waals surface area contributed by atoms with Crippen LogP contribution in [0, 0.1) is 0 Å². The number of nitrogens with two attached hydrogens (primary N) is 1. The third-order valence-corrected chi connectivity index (χ3v) is 2.58. The molecule has 0 unspecified atom stereocenters. The lowest BCUT2D eigenvalue weighted by molar-refractivity contribution is -0.138. The minimum Gasteiger partial charge on any atom is -0.480 e. The number of nitrogens with zero attached hydrogens (tertiary/aromatic N) is 1. The van der Waals surface area contributed by atoms with Crippen molar-refractivity contribution in [1.82, 2.24) is 4.90 Å². The predicted molar refractivity (Wildman–Crippen MR) is 73.4 cm³/mol. The smallest absolute Gasteiger partial charge is 0.317 e. The minimum atomic E-state index is -1.16. The fourth-order valence-electron chi connectivity index (χ4n) is 1.53. The number of nitrogens with one attached hydrogen (secondary N) is 1. The van der Waals surface area contributed by atoms with Gasteiger partial charge in [-0.25, -0.2) is 0 Å². The third-order valence-electron chi connectivity index (χ3n) is 2.25. The number of aliphatic carboxylic acids is 1. The summed E-state index contributed by atoms with van der Waals surface area (Å²) in [5.74, 6) is -2.35. The Hall–Kier alpha value is -2.12. The molecule has 1 aromatic carbocycles. The van der Waals surface area contributed by atoms with E-state index < -0.39 is 24.3 Å². The first-order valence-electron chi connectivity index (χ1n) is 5.65. The van der Waals surface area contributed by atoms with Crippen molar-refractivity contribution in [3.05, 3.63) is 29.3 Å². The molecule has 0 saturated carbocycles. The number of primary amides is 1. The number of rotatable bonds is 7. The van der Waals surface area contributed by atoms with Crippen LogP contribution in [0.2, 0.25) is 5.02 Å². The van der Waals surface area contributed by atoms with Crippen molar-refractivity contribution < 1.29 is 19.5 Å². The van der Waals surface area contributed by atoms with Gasteiger partial charge in [-0.2, -0.15) is 0 Å². The van der Waals surface area contributed by atoms with Gasteiger partial charge in [0.15, 0.2) is 0 Å². The van der Waals surface area contributed by atoms with Gasteiger partial charge in [0.1, 0.15) is 0 Å². The second kappa shape index (κ2) is 7.46. The quantitative estimate of drug-likeness (QED) is 0.663. The molecule has 0 aromatic heterocycles. The molecule has 1 aromatic rings. The van der Waals surface area contributed by atoms with Gasteiger partial charge < -0.3 is 16.2 Å². The van der Waals surface area contributed by atoms with E-state index in [0.717, 1.165) is 4.90 Å². The number of halogens is 1.